The fourth-order valence-electron chi connectivity index (χ4n) is 1.63. The normalized spacial score (nSPS) is 13.3. The quantitative estimate of drug-likeness (QED) is 0.235. The Balaban J connectivity index is 4.73. The highest BCUT2D eigenvalue weighted by molar-refractivity contribution is 5.81. The second kappa shape index (κ2) is 8.38. The maximum Gasteiger partial charge on any atom is 0.311 e. The molecule has 112 valence electrons. The van der Waals surface area contributed by atoms with Crippen LogP contribution in [0.15, 0.2) is 16.8 Å². The molecule has 0 aliphatic rings. The number of nitrogens with zero attached hydrogens (tertiary/aromatic N) is 3. The molecule has 0 saturated carbocycles. The minimum atomic E-state index is -0.574. The van der Waals surface area contributed by atoms with Gasteiger partial charge < -0.3 is 4.74 Å². The Hall–Kier alpha value is -1.81. The van der Waals surface area contributed by atoms with Gasteiger partial charge in [0.05, 0.1) is 5.41 Å². The summed E-state index contributed by atoms with van der Waals surface area (Å²) < 4.78 is 5.23. The highest BCUT2D eigenvalue weighted by atomic mass is 16.5. The molecular formula is C14H23N3O3. The summed E-state index contributed by atoms with van der Waals surface area (Å²) in [6.45, 7) is 8.93. The largest absolute Gasteiger partial charge is 0.461 e. The number of Topliss-reactive ketones (excluding diaryl/α,β-unsaturated/α-hetero) is 1. The van der Waals surface area contributed by atoms with Gasteiger partial charge in [0, 0.05) is 17.4 Å². The molecule has 0 heterocycles. The van der Waals surface area contributed by atoms with Crippen molar-refractivity contribution in [1.29, 1.82) is 0 Å². The Morgan fingerprint density at radius 3 is 2.40 bits per heavy atom. The van der Waals surface area contributed by atoms with E-state index in [1.165, 1.54) is 6.92 Å². The molecule has 0 unspecified atom stereocenters. The van der Waals surface area contributed by atoms with Gasteiger partial charge in [-0.05, 0) is 52.1 Å². The molecule has 0 bridgehead atoms. The number of esters is 1. The van der Waals surface area contributed by atoms with Gasteiger partial charge in [-0.15, -0.1) is 0 Å². The molecular weight excluding hydrogens is 258 g/mol. The molecule has 0 amide bonds. The van der Waals surface area contributed by atoms with Crippen molar-refractivity contribution in [2.45, 2.75) is 41.0 Å². The zero-order valence-corrected chi connectivity index (χ0v) is 12.8. The van der Waals surface area contributed by atoms with Gasteiger partial charge in [0.25, 0.3) is 0 Å². The van der Waals surface area contributed by atoms with E-state index < -0.39 is 5.41 Å². The van der Waals surface area contributed by atoms with Crippen LogP contribution in [0.25, 0.3) is 10.4 Å². The van der Waals surface area contributed by atoms with Crippen molar-refractivity contribution in [1.82, 2.24) is 0 Å². The molecule has 6 nitrogen and oxygen atoms in total. The van der Waals surface area contributed by atoms with E-state index in [1.807, 2.05) is 0 Å². The summed E-state index contributed by atoms with van der Waals surface area (Å²) in [5, 5.41) is 3.44. The van der Waals surface area contributed by atoms with Crippen molar-refractivity contribution >= 4 is 11.8 Å². The van der Waals surface area contributed by atoms with E-state index in [0.29, 0.717) is 6.42 Å². The van der Waals surface area contributed by atoms with Crippen molar-refractivity contribution in [2.75, 3.05) is 13.2 Å². The van der Waals surface area contributed by atoms with Crippen molar-refractivity contribution in [3.63, 3.8) is 0 Å². The fourth-order valence-corrected chi connectivity index (χ4v) is 1.63. The number of carbonyl (C=O) groups is 2. The molecule has 0 aliphatic heterocycles. The summed E-state index contributed by atoms with van der Waals surface area (Å²) in [7, 11) is 0. The Kier molecular flexibility index (Phi) is 7.62. The molecule has 0 aromatic carbocycles. The molecule has 0 N–H and O–H groups in total. The van der Waals surface area contributed by atoms with Crippen molar-refractivity contribution in [2.24, 2.45) is 16.4 Å². The molecule has 0 saturated heterocycles. The lowest BCUT2D eigenvalue weighted by atomic mass is 9.92. The van der Waals surface area contributed by atoms with Crippen LogP contribution in [0.1, 0.15) is 41.0 Å². The molecule has 0 aromatic heterocycles. The summed E-state index contributed by atoms with van der Waals surface area (Å²) in [5.41, 5.74) is 8.43. The smallest absolute Gasteiger partial charge is 0.311 e. The van der Waals surface area contributed by atoms with Crippen LogP contribution >= 0.6 is 0 Å². The first kappa shape index (κ1) is 18.2. The summed E-state index contributed by atoms with van der Waals surface area (Å²) in [6, 6.07) is 0. The Morgan fingerprint density at radius 2 is 2.00 bits per heavy atom. The maximum absolute atomic E-state index is 11.7. The van der Waals surface area contributed by atoms with Crippen molar-refractivity contribution in [3.8, 4) is 0 Å². The third-order valence-corrected chi connectivity index (χ3v) is 2.87. The van der Waals surface area contributed by atoms with Crippen LogP contribution in [0, 0.1) is 11.3 Å². The Bertz CT molecular complexity index is 429. The number of azide groups is 1. The van der Waals surface area contributed by atoms with Gasteiger partial charge in [-0.3, -0.25) is 9.59 Å². The molecule has 0 fully saturated rings. The van der Waals surface area contributed by atoms with Gasteiger partial charge in [-0.25, -0.2) is 0 Å². The van der Waals surface area contributed by atoms with Gasteiger partial charge in [-0.2, -0.15) is 0 Å². The molecule has 0 radical (unpaired) electrons. The van der Waals surface area contributed by atoms with Crippen LogP contribution in [0.2, 0.25) is 0 Å². The third kappa shape index (κ3) is 6.38. The molecule has 0 rings (SSSR count). The predicted octanol–water partition coefficient (Wildman–Crippen LogP) is 3.43. The molecule has 0 spiro atoms. The maximum atomic E-state index is 11.7. The third-order valence-electron chi connectivity index (χ3n) is 2.87. The number of hydrogen-bond acceptors (Lipinski definition) is 4. The van der Waals surface area contributed by atoms with Gasteiger partial charge in [0.2, 0.25) is 0 Å². The van der Waals surface area contributed by atoms with Crippen LogP contribution in [0.5, 0.6) is 0 Å². The second-order valence-electron chi connectivity index (χ2n) is 5.60. The first-order chi connectivity index (χ1) is 9.23. The molecule has 6 heteroatoms. The lowest BCUT2D eigenvalue weighted by molar-refractivity contribution is -0.152. The lowest BCUT2D eigenvalue weighted by Crippen LogP contribution is -2.26. The Labute approximate surface area is 119 Å². The number of ketones is 1. The van der Waals surface area contributed by atoms with E-state index in [1.54, 1.807) is 33.8 Å². The van der Waals surface area contributed by atoms with E-state index in [4.69, 9.17) is 10.3 Å². The van der Waals surface area contributed by atoms with E-state index in [2.05, 4.69) is 10.0 Å². The van der Waals surface area contributed by atoms with Gasteiger partial charge in [-0.1, -0.05) is 11.2 Å². The molecule has 1 atom stereocenters. The summed E-state index contributed by atoms with van der Waals surface area (Å²) in [6.07, 6.45) is 2.20. The summed E-state index contributed by atoms with van der Waals surface area (Å²) >= 11 is 0. The number of hydrogen-bond donors (Lipinski definition) is 0. The highest BCUT2D eigenvalue weighted by Crippen LogP contribution is 2.20. The molecule has 0 aromatic rings. The highest BCUT2D eigenvalue weighted by Gasteiger charge is 2.25. The second-order valence-corrected chi connectivity index (χ2v) is 5.60. The van der Waals surface area contributed by atoms with Gasteiger partial charge in [0.15, 0.2) is 0 Å². The van der Waals surface area contributed by atoms with E-state index in [0.717, 1.165) is 5.57 Å². The monoisotopic (exact) mass is 281 g/mol. The van der Waals surface area contributed by atoms with Crippen molar-refractivity contribution in [3.05, 3.63) is 22.1 Å². The summed E-state index contributed by atoms with van der Waals surface area (Å²) in [4.78, 5) is 26.1. The van der Waals surface area contributed by atoms with Crippen LogP contribution in [-0.4, -0.2) is 24.9 Å². The van der Waals surface area contributed by atoms with Gasteiger partial charge in [0.1, 0.15) is 12.4 Å². The standard InChI is InChI=1S/C14H23N3O3/c1-6-11(9-20-13(19)14(3,4)5)12(10(2)18)7-8-16-17-15/h6,12H,7-9H2,1-5H3/b11-6-/t12-/m1/s1. The minimum Gasteiger partial charge on any atom is -0.461 e. The summed E-state index contributed by atoms with van der Waals surface area (Å²) in [5.74, 6) is -0.717. The van der Waals surface area contributed by atoms with Gasteiger partial charge >= 0.3 is 5.97 Å². The number of ether oxygens (including phenoxy) is 1. The van der Waals surface area contributed by atoms with Crippen LogP contribution in [-0.2, 0) is 14.3 Å². The van der Waals surface area contributed by atoms with E-state index in [9.17, 15) is 9.59 Å². The van der Waals surface area contributed by atoms with Crippen molar-refractivity contribution < 1.29 is 14.3 Å². The average molecular weight is 281 g/mol. The van der Waals surface area contributed by atoms with Crippen LogP contribution < -0.4 is 0 Å². The zero-order valence-electron chi connectivity index (χ0n) is 12.8. The fraction of sp³-hybridized carbons (Fsp3) is 0.714. The van der Waals surface area contributed by atoms with E-state index >= 15 is 0 Å². The van der Waals surface area contributed by atoms with Crippen LogP contribution in [0.4, 0.5) is 0 Å². The number of allylic oxidation sites excluding steroid dienone is 1. The number of carbonyl (C=O) groups excluding carboxylic acids is 2. The molecule has 20 heavy (non-hydrogen) atoms. The first-order valence-corrected chi connectivity index (χ1v) is 6.57. The first-order valence-electron chi connectivity index (χ1n) is 6.57. The zero-order chi connectivity index (χ0) is 15.8. The predicted molar refractivity (Wildman–Crippen MR) is 77.0 cm³/mol. The topological polar surface area (TPSA) is 92.1 Å². The number of rotatable bonds is 7. The van der Waals surface area contributed by atoms with Crippen LogP contribution in [0.3, 0.4) is 0 Å². The van der Waals surface area contributed by atoms with E-state index in [-0.39, 0.29) is 30.8 Å². The Morgan fingerprint density at radius 1 is 1.40 bits per heavy atom. The minimum absolute atomic E-state index is 0.0296. The SMILES string of the molecule is C/C=C(/COC(=O)C(C)(C)C)[C@H](CCN=[N+]=[N-])C(C)=O. The average Bonchev–Trinajstić information content (AvgIpc) is 2.35. The molecule has 0 aliphatic carbocycles. The lowest BCUT2D eigenvalue weighted by Gasteiger charge is -2.20.